The molecule has 1 amide bonds. The molecule has 0 aliphatic carbocycles. The number of aromatic hydroxyl groups is 1. The van der Waals surface area contributed by atoms with Crippen LogP contribution in [0.2, 0.25) is 0 Å². The third-order valence-corrected chi connectivity index (χ3v) is 3.00. The fourth-order valence-corrected chi connectivity index (χ4v) is 1.82. The predicted molar refractivity (Wildman–Crippen MR) is 83.9 cm³/mol. The Labute approximate surface area is 127 Å². The number of hydrogen-bond donors (Lipinski definition) is 3. The number of carbonyl (C=O) groups is 2. The number of amides is 1. The summed E-state index contributed by atoms with van der Waals surface area (Å²) in [6, 6.07) is 11.5. The van der Waals surface area contributed by atoms with Crippen molar-refractivity contribution >= 4 is 23.6 Å². The number of hydrogen-bond acceptors (Lipinski definition) is 3. The van der Waals surface area contributed by atoms with Gasteiger partial charge >= 0.3 is 5.97 Å². The summed E-state index contributed by atoms with van der Waals surface area (Å²) in [6.45, 7) is 1.98. The topological polar surface area (TPSA) is 86.6 Å². The van der Waals surface area contributed by atoms with Gasteiger partial charge in [-0.05, 0) is 36.8 Å². The molecular formula is C17H15NO4. The lowest BCUT2D eigenvalue weighted by Gasteiger charge is -2.05. The van der Waals surface area contributed by atoms with Crippen molar-refractivity contribution in [1.82, 2.24) is 0 Å². The van der Waals surface area contributed by atoms with Crippen LogP contribution in [-0.4, -0.2) is 22.1 Å². The summed E-state index contributed by atoms with van der Waals surface area (Å²) in [4.78, 5) is 22.7. The van der Waals surface area contributed by atoms with Crippen molar-refractivity contribution in [2.75, 3.05) is 5.32 Å². The number of benzene rings is 2. The Morgan fingerprint density at radius 1 is 1.09 bits per heavy atom. The first-order valence-electron chi connectivity index (χ1n) is 6.58. The van der Waals surface area contributed by atoms with Crippen molar-refractivity contribution in [2.45, 2.75) is 6.92 Å². The van der Waals surface area contributed by atoms with Gasteiger partial charge in [-0.1, -0.05) is 29.8 Å². The van der Waals surface area contributed by atoms with Gasteiger partial charge in [0.1, 0.15) is 11.3 Å². The number of nitrogens with one attached hydrogen (secondary N) is 1. The van der Waals surface area contributed by atoms with Crippen molar-refractivity contribution in [1.29, 1.82) is 0 Å². The molecule has 0 atom stereocenters. The maximum absolute atomic E-state index is 11.8. The highest BCUT2D eigenvalue weighted by Crippen LogP contribution is 2.21. The van der Waals surface area contributed by atoms with Crippen LogP contribution in [0.3, 0.4) is 0 Å². The molecule has 3 N–H and O–H groups in total. The molecule has 5 heteroatoms. The number of carboxylic acids is 1. The number of carboxylic acid groups (broad SMARTS) is 1. The maximum Gasteiger partial charge on any atom is 0.339 e. The molecule has 0 heterocycles. The first kappa shape index (κ1) is 15.3. The first-order valence-corrected chi connectivity index (χ1v) is 6.58. The number of carbonyl (C=O) groups excluding carboxylic acids is 1. The number of aromatic carboxylic acids is 1. The molecule has 22 heavy (non-hydrogen) atoms. The lowest BCUT2D eigenvalue weighted by molar-refractivity contribution is -0.111. The highest BCUT2D eigenvalue weighted by molar-refractivity contribution is 6.03. The molecule has 0 saturated carbocycles. The second kappa shape index (κ2) is 6.58. The van der Waals surface area contributed by atoms with Crippen LogP contribution in [0.25, 0.3) is 6.08 Å². The van der Waals surface area contributed by atoms with Gasteiger partial charge in [0.25, 0.3) is 0 Å². The molecule has 0 fully saturated rings. The third kappa shape index (κ3) is 3.96. The fourth-order valence-electron chi connectivity index (χ4n) is 1.82. The van der Waals surface area contributed by atoms with Crippen LogP contribution in [0.1, 0.15) is 21.5 Å². The summed E-state index contributed by atoms with van der Waals surface area (Å²) >= 11 is 0. The van der Waals surface area contributed by atoms with Crippen molar-refractivity contribution in [3.8, 4) is 5.75 Å². The second-order valence-corrected chi connectivity index (χ2v) is 4.77. The zero-order valence-corrected chi connectivity index (χ0v) is 11.9. The van der Waals surface area contributed by atoms with E-state index in [0.29, 0.717) is 5.69 Å². The average molecular weight is 297 g/mol. The molecule has 2 rings (SSSR count). The number of aryl methyl sites for hydroxylation is 1. The Bertz CT molecular complexity index is 733. The summed E-state index contributed by atoms with van der Waals surface area (Å²) in [5, 5.41) is 20.9. The largest absolute Gasteiger partial charge is 0.507 e. The molecule has 0 spiro atoms. The van der Waals surface area contributed by atoms with Crippen molar-refractivity contribution in [3.63, 3.8) is 0 Å². The Hall–Kier alpha value is -3.08. The van der Waals surface area contributed by atoms with E-state index in [1.54, 1.807) is 6.08 Å². The van der Waals surface area contributed by atoms with Gasteiger partial charge in [0, 0.05) is 11.8 Å². The van der Waals surface area contributed by atoms with E-state index in [1.165, 1.54) is 24.3 Å². The second-order valence-electron chi connectivity index (χ2n) is 4.77. The smallest absolute Gasteiger partial charge is 0.339 e. The molecule has 0 saturated heterocycles. The lowest BCUT2D eigenvalue weighted by atomic mass is 10.1. The minimum absolute atomic E-state index is 0.264. The zero-order valence-electron chi connectivity index (χ0n) is 11.9. The van der Waals surface area contributed by atoms with Gasteiger partial charge in [-0.3, -0.25) is 4.79 Å². The first-order chi connectivity index (χ1) is 10.5. The van der Waals surface area contributed by atoms with E-state index < -0.39 is 5.97 Å². The molecule has 5 nitrogen and oxygen atoms in total. The zero-order chi connectivity index (χ0) is 16.1. The number of anilines is 1. The molecule has 0 aliphatic heterocycles. The Kier molecular flexibility index (Phi) is 4.58. The molecule has 0 aromatic heterocycles. The van der Waals surface area contributed by atoms with E-state index in [9.17, 15) is 14.7 Å². The van der Waals surface area contributed by atoms with E-state index >= 15 is 0 Å². The van der Waals surface area contributed by atoms with E-state index in [1.807, 2.05) is 31.2 Å². The quantitative estimate of drug-likeness (QED) is 0.598. The fraction of sp³-hybridized carbons (Fsp3) is 0.0588. The third-order valence-electron chi connectivity index (χ3n) is 3.00. The van der Waals surface area contributed by atoms with Crippen LogP contribution in [0.4, 0.5) is 5.69 Å². The van der Waals surface area contributed by atoms with Gasteiger partial charge in [-0.15, -0.1) is 0 Å². The molecule has 2 aromatic rings. The Balaban J connectivity index is 2.07. The van der Waals surface area contributed by atoms with Crippen LogP contribution in [0, 0.1) is 6.92 Å². The van der Waals surface area contributed by atoms with Gasteiger partial charge in [-0.25, -0.2) is 4.79 Å². The van der Waals surface area contributed by atoms with Crippen LogP contribution >= 0.6 is 0 Å². The average Bonchev–Trinajstić information content (AvgIpc) is 2.48. The van der Waals surface area contributed by atoms with Crippen molar-refractivity contribution in [2.24, 2.45) is 0 Å². The minimum atomic E-state index is -1.26. The molecule has 2 aromatic carbocycles. The lowest BCUT2D eigenvalue weighted by Crippen LogP contribution is -2.08. The SMILES string of the molecule is Cc1ccc(/C=C/C(=O)Nc2ccc(O)c(C(=O)O)c2)cc1. The van der Waals surface area contributed by atoms with E-state index in [-0.39, 0.29) is 17.2 Å². The highest BCUT2D eigenvalue weighted by atomic mass is 16.4. The summed E-state index contributed by atoms with van der Waals surface area (Å²) in [5.41, 5.74) is 2.05. The van der Waals surface area contributed by atoms with Crippen LogP contribution in [0.15, 0.2) is 48.5 Å². The van der Waals surface area contributed by atoms with Gasteiger partial charge in [0.2, 0.25) is 5.91 Å². The minimum Gasteiger partial charge on any atom is -0.507 e. The normalized spacial score (nSPS) is 10.6. The monoisotopic (exact) mass is 297 g/mol. The number of rotatable bonds is 4. The van der Waals surface area contributed by atoms with Gasteiger partial charge < -0.3 is 15.5 Å². The van der Waals surface area contributed by atoms with Crippen LogP contribution < -0.4 is 5.32 Å². The maximum atomic E-state index is 11.8. The molecule has 0 unspecified atom stereocenters. The molecule has 112 valence electrons. The van der Waals surface area contributed by atoms with Gasteiger partial charge in [-0.2, -0.15) is 0 Å². The number of phenols is 1. The van der Waals surface area contributed by atoms with E-state index in [0.717, 1.165) is 11.1 Å². The molecule has 0 bridgehead atoms. The Morgan fingerprint density at radius 3 is 2.41 bits per heavy atom. The molecular weight excluding hydrogens is 282 g/mol. The van der Waals surface area contributed by atoms with Crippen molar-refractivity contribution < 1.29 is 19.8 Å². The standard InChI is InChI=1S/C17H15NO4/c1-11-2-4-12(5-3-11)6-9-16(20)18-13-7-8-15(19)14(10-13)17(21)22/h2-10,19H,1H3,(H,18,20)(H,21,22)/b9-6+. The molecule has 0 aliphatic rings. The highest BCUT2D eigenvalue weighted by Gasteiger charge is 2.10. The van der Waals surface area contributed by atoms with E-state index in [4.69, 9.17) is 5.11 Å². The van der Waals surface area contributed by atoms with Crippen LogP contribution in [-0.2, 0) is 4.79 Å². The molecule has 0 radical (unpaired) electrons. The Morgan fingerprint density at radius 2 is 1.77 bits per heavy atom. The summed E-state index contributed by atoms with van der Waals surface area (Å²) in [7, 11) is 0. The van der Waals surface area contributed by atoms with Crippen molar-refractivity contribution in [3.05, 3.63) is 65.2 Å². The van der Waals surface area contributed by atoms with Gasteiger partial charge in [0.15, 0.2) is 0 Å². The summed E-state index contributed by atoms with van der Waals surface area (Å²) < 4.78 is 0. The summed E-state index contributed by atoms with van der Waals surface area (Å²) in [5.74, 6) is -1.99. The van der Waals surface area contributed by atoms with E-state index in [2.05, 4.69) is 5.32 Å². The van der Waals surface area contributed by atoms with Crippen LogP contribution in [0.5, 0.6) is 5.75 Å². The summed E-state index contributed by atoms with van der Waals surface area (Å²) in [6.07, 6.45) is 3.02. The van der Waals surface area contributed by atoms with Gasteiger partial charge in [0.05, 0.1) is 0 Å². The predicted octanol–water partition coefficient (Wildman–Crippen LogP) is 3.05.